The number of carbonyl (C=O) groups excluding carboxylic acids is 1. The van der Waals surface area contributed by atoms with Crippen molar-refractivity contribution in [3.63, 3.8) is 0 Å². The van der Waals surface area contributed by atoms with Crippen molar-refractivity contribution in [2.24, 2.45) is 11.3 Å². The van der Waals surface area contributed by atoms with Crippen LogP contribution in [0.15, 0.2) is 0 Å². The standard InChI is InChI=1S/C12H23NO4/c1-5-12(6-2,11(15)16)8-13-10(14)9(3)7-17-4/h9H,5-8H2,1-4H3,(H,13,14)(H,15,16). The second-order valence-electron chi connectivity index (χ2n) is 4.37. The van der Waals surface area contributed by atoms with Crippen molar-refractivity contribution in [3.05, 3.63) is 0 Å². The highest BCUT2D eigenvalue weighted by Gasteiger charge is 2.35. The van der Waals surface area contributed by atoms with Crippen molar-refractivity contribution in [2.45, 2.75) is 33.6 Å². The number of carboxylic acids is 1. The zero-order chi connectivity index (χ0) is 13.5. The third kappa shape index (κ3) is 4.34. The Morgan fingerprint density at radius 3 is 2.24 bits per heavy atom. The Labute approximate surface area is 103 Å². The Morgan fingerprint density at radius 1 is 1.35 bits per heavy atom. The van der Waals surface area contributed by atoms with Crippen molar-refractivity contribution in [2.75, 3.05) is 20.3 Å². The molecule has 0 aromatic heterocycles. The van der Waals surface area contributed by atoms with Crippen LogP contribution in [0.3, 0.4) is 0 Å². The van der Waals surface area contributed by atoms with E-state index in [2.05, 4.69) is 5.32 Å². The molecule has 0 aliphatic carbocycles. The van der Waals surface area contributed by atoms with Crippen LogP contribution in [-0.2, 0) is 14.3 Å². The summed E-state index contributed by atoms with van der Waals surface area (Å²) in [6.07, 6.45) is 0.996. The highest BCUT2D eigenvalue weighted by Crippen LogP contribution is 2.25. The normalized spacial score (nSPS) is 13.2. The van der Waals surface area contributed by atoms with Crippen LogP contribution >= 0.6 is 0 Å². The lowest BCUT2D eigenvalue weighted by atomic mass is 9.82. The summed E-state index contributed by atoms with van der Waals surface area (Å²) in [6, 6.07) is 0. The molecule has 0 aliphatic heterocycles. The molecule has 0 heterocycles. The lowest BCUT2D eigenvalue weighted by Gasteiger charge is -2.27. The fourth-order valence-electron chi connectivity index (χ4n) is 1.63. The number of aliphatic carboxylic acids is 1. The van der Waals surface area contributed by atoms with Crippen LogP contribution < -0.4 is 5.32 Å². The van der Waals surface area contributed by atoms with Crippen molar-refractivity contribution >= 4 is 11.9 Å². The summed E-state index contributed by atoms with van der Waals surface area (Å²) in [7, 11) is 1.53. The molecule has 1 amide bonds. The van der Waals surface area contributed by atoms with Gasteiger partial charge in [0.05, 0.1) is 17.9 Å². The Bertz CT molecular complexity index is 261. The first-order valence-electron chi connectivity index (χ1n) is 5.93. The van der Waals surface area contributed by atoms with Gasteiger partial charge in [-0.05, 0) is 12.8 Å². The number of methoxy groups -OCH3 is 1. The second kappa shape index (κ2) is 7.27. The van der Waals surface area contributed by atoms with Gasteiger partial charge in [0.1, 0.15) is 0 Å². The van der Waals surface area contributed by atoms with E-state index < -0.39 is 11.4 Å². The Balaban J connectivity index is 4.41. The number of ether oxygens (including phenoxy) is 1. The van der Waals surface area contributed by atoms with Gasteiger partial charge in [-0.15, -0.1) is 0 Å². The van der Waals surface area contributed by atoms with E-state index >= 15 is 0 Å². The molecule has 5 nitrogen and oxygen atoms in total. The molecule has 0 aromatic carbocycles. The van der Waals surface area contributed by atoms with Gasteiger partial charge >= 0.3 is 5.97 Å². The lowest BCUT2D eigenvalue weighted by molar-refractivity contribution is -0.149. The summed E-state index contributed by atoms with van der Waals surface area (Å²) < 4.78 is 4.88. The predicted octanol–water partition coefficient (Wildman–Crippen LogP) is 1.28. The van der Waals surface area contributed by atoms with Crippen LogP contribution in [0.5, 0.6) is 0 Å². The van der Waals surface area contributed by atoms with Crippen molar-refractivity contribution in [1.29, 1.82) is 0 Å². The minimum atomic E-state index is -0.859. The number of carbonyl (C=O) groups is 2. The maximum atomic E-state index is 11.7. The molecule has 17 heavy (non-hydrogen) atoms. The largest absolute Gasteiger partial charge is 0.481 e. The van der Waals surface area contributed by atoms with E-state index in [1.54, 1.807) is 6.92 Å². The van der Waals surface area contributed by atoms with Gasteiger partial charge in [-0.25, -0.2) is 0 Å². The minimum Gasteiger partial charge on any atom is -0.481 e. The van der Waals surface area contributed by atoms with E-state index in [0.717, 1.165) is 0 Å². The molecule has 0 aliphatic rings. The van der Waals surface area contributed by atoms with E-state index in [1.807, 2.05) is 13.8 Å². The lowest BCUT2D eigenvalue weighted by Crippen LogP contribution is -2.44. The van der Waals surface area contributed by atoms with E-state index in [1.165, 1.54) is 7.11 Å². The number of amides is 1. The maximum absolute atomic E-state index is 11.7. The van der Waals surface area contributed by atoms with Crippen LogP contribution in [0.1, 0.15) is 33.6 Å². The quantitative estimate of drug-likeness (QED) is 0.675. The summed E-state index contributed by atoms with van der Waals surface area (Å²) >= 11 is 0. The van der Waals surface area contributed by atoms with Crippen LogP contribution in [0.25, 0.3) is 0 Å². The van der Waals surface area contributed by atoms with Crippen molar-refractivity contribution < 1.29 is 19.4 Å². The van der Waals surface area contributed by atoms with Gasteiger partial charge in [0.2, 0.25) is 5.91 Å². The van der Waals surface area contributed by atoms with Gasteiger partial charge in [-0.2, -0.15) is 0 Å². The molecule has 0 bridgehead atoms. The first-order valence-corrected chi connectivity index (χ1v) is 5.93. The molecule has 0 saturated carbocycles. The summed E-state index contributed by atoms with van der Waals surface area (Å²) in [5, 5.41) is 11.9. The van der Waals surface area contributed by atoms with Crippen LogP contribution in [0.4, 0.5) is 0 Å². The molecule has 1 unspecified atom stereocenters. The number of rotatable bonds is 8. The van der Waals surface area contributed by atoms with E-state index in [-0.39, 0.29) is 18.4 Å². The van der Waals surface area contributed by atoms with Crippen LogP contribution in [-0.4, -0.2) is 37.2 Å². The molecule has 5 heteroatoms. The Morgan fingerprint density at radius 2 is 1.88 bits per heavy atom. The average molecular weight is 245 g/mol. The van der Waals surface area contributed by atoms with Gasteiger partial charge in [-0.3, -0.25) is 9.59 Å². The number of hydrogen-bond acceptors (Lipinski definition) is 3. The summed E-state index contributed by atoms with van der Waals surface area (Å²) in [5.41, 5.74) is -0.859. The fraction of sp³-hybridized carbons (Fsp3) is 0.833. The van der Waals surface area contributed by atoms with Gasteiger partial charge in [0, 0.05) is 13.7 Å². The summed E-state index contributed by atoms with van der Waals surface area (Å²) in [6.45, 7) is 5.90. The number of hydrogen-bond donors (Lipinski definition) is 2. The van der Waals surface area contributed by atoms with E-state index in [9.17, 15) is 14.7 Å². The molecule has 0 saturated heterocycles. The minimum absolute atomic E-state index is 0.167. The Hall–Kier alpha value is -1.10. The highest BCUT2D eigenvalue weighted by atomic mass is 16.5. The monoisotopic (exact) mass is 245 g/mol. The molecule has 0 aromatic rings. The topological polar surface area (TPSA) is 75.6 Å². The molecule has 0 spiro atoms. The second-order valence-corrected chi connectivity index (χ2v) is 4.37. The third-order valence-corrected chi connectivity index (χ3v) is 3.27. The van der Waals surface area contributed by atoms with Gasteiger partial charge < -0.3 is 15.2 Å². The maximum Gasteiger partial charge on any atom is 0.311 e. The smallest absolute Gasteiger partial charge is 0.311 e. The van der Waals surface area contributed by atoms with Crippen molar-refractivity contribution in [3.8, 4) is 0 Å². The fourth-order valence-corrected chi connectivity index (χ4v) is 1.63. The zero-order valence-electron chi connectivity index (χ0n) is 11.1. The predicted molar refractivity (Wildman–Crippen MR) is 64.7 cm³/mol. The first kappa shape index (κ1) is 15.9. The first-order chi connectivity index (χ1) is 7.93. The van der Waals surface area contributed by atoms with E-state index in [4.69, 9.17) is 4.74 Å². The molecule has 0 fully saturated rings. The molecule has 100 valence electrons. The molecule has 0 radical (unpaired) electrons. The molecule has 1 atom stereocenters. The van der Waals surface area contributed by atoms with Gasteiger partial charge in [0.15, 0.2) is 0 Å². The summed E-state index contributed by atoms with van der Waals surface area (Å²) in [4.78, 5) is 22.9. The van der Waals surface area contributed by atoms with Crippen LogP contribution in [0, 0.1) is 11.3 Å². The highest BCUT2D eigenvalue weighted by molar-refractivity contribution is 5.80. The van der Waals surface area contributed by atoms with Gasteiger partial charge in [-0.1, -0.05) is 20.8 Å². The average Bonchev–Trinajstić information content (AvgIpc) is 2.30. The third-order valence-electron chi connectivity index (χ3n) is 3.27. The molecular weight excluding hydrogens is 222 g/mol. The number of nitrogens with one attached hydrogen (secondary N) is 1. The SMILES string of the molecule is CCC(CC)(CNC(=O)C(C)COC)C(=O)O. The summed E-state index contributed by atoms with van der Waals surface area (Å²) in [5.74, 6) is -1.29. The molecular formula is C12H23NO4. The van der Waals surface area contributed by atoms with E-state index in [0.29, 0.717) is 19.4 Å². The Kier molecular flexibility index (Phi) is 6.80. The van der Waals surface area contributed by atoms with Crippen LogP contribution in [0.2, 0.25) is 0 Å². The van der Waals surface area contributed by atoms with Gasteiger partial charge in [0.25, 0.3) is 0 Å². The molecule has 2 N–H and O–H groups in total. The zero-order valence-corrected chi connectivity index (χ0v) is 11.1. The number of carboxylic acid groups (broad SMARTS) is 1. The van der Waals surface area contributed by atoms with Crippen molar-refractivity contribution in [1.82, 2.24) is 5.32 Å². The molecule has 0 rings (SSSR count).